The molecular weight excluding hydrogens is 396 g/mol. The second-order valence-electron chi connectivity index (χ2n) is 5.62. The van der Waals surface area contributed by atoms with Crippen LogP contribution in [-0.2, 0) is 19.6 Å². The highest BCUT2D eigenvalue weighted by Crippen LogP contribution is 2.21. The number of benzene rings is 1. The van der Waals surface area contributed by atoms with Gasteiger partial charge in [0.05, 0.1) is 4.90 Å². The maximum atomic E-state index is 12.5. The van der Waals surface area contributed by atoms with E-state index >= 15 is 0 Å². The third-order valence-electron chi connectivity index (χ3n) is 3.53. The molecule has 0 saturated heterocycles. The molecule has 3 N–H and O–H groups in total. The predicted octanol–water partition coefficient (Wildman–Crippen LogP) is 1.24. The lowest BCUT2D eigenvalue weighted by molar-refractivity contribution is -0.139. The molecule has 0 fully saturated rings. The Kier molecular flexibility index (Phi) is 6.63. The second-order valence-corrected chi connectivity index (χ2v) is 8.32. The summed E-state index contributed by atoms with van der Waals surface area (Å²) in [7, 11) is -4.12. The van der Waals surface area contributed by atoms with Crippen LogP contribution < -0.4 is 15.7 Å². The first-order chi connectivity index (χ1) is 12.6. The number of aliphatic carboxylic acids is 1. The molecule has 0 radical (unpaired) electrons. The van der Waals surface area contributed by atoms with Gasteiger partial charge in [0, 0.05) is 12.3 Å². The van der Waals surface area contributed by atoms with Crippen LogP contribution in [0, 0.1) is 0 Å². The Morgan fingerprint density at radius 2 is 2.00 bits per heavy atom. The van der Waals surface area contributed by atoms with Crippen molar-refractivity contribution in [2.24, 2.45) is 0 Å². The molecule has 1 aromatic heterocycles. The van der Waals surface area contributed by atoms with E-state index in [1.165, 1.54) is 43.0 Å². The molecule has 1 aromatic carbocycles. The largest absolute Gasteiger partial charge is 0.480 e. The molecule has 0 saturated carbocycles. The van der Waals surface area contributed by atoms with Gasteiger partial charge in [-0.3, -0.25) is 9.59 Å². The molecule has 0 unspecified atom stereocenters. The van der Waals surface area contributed by atoms with Gasteiger partial charge in [-0.25, -0.2) is 13.2 Å². The highest BCUT2D eigenvalue weighted by molar-refractivity contribution is 7.98. The minimum Gasteiger partial charge on any atom is -0.480 e. The third-order valence-corrected chi connectivity index (χ3v) is 5.64. The Labute approximate surface area is 159 Å². The summed E-state index contributed by atoms with van der Waals surface area (Å²) in [6.45, 7) is 1.22. The first-order valence-corrected chi connectivity index (χ1v) is 10.6. The average Bonchev–Trinajstić information content (AvgIpc) is 2.58. The molecule has 27 heavy (non-hydrogen) atoms. The fourth-order valence-corrected chi connectivity index (χ4v) is 4.00. The van der Waals surface area contributed by atoms with Crippen LogP contribution in [0.25, 0.3) is 11.0 Å². The number of amides is 1. The third kappa shape index (κ3) is 5.31. The number of carbonyl (C=O) groups excluding carboxylic acids is 1. The van der Waals surface area contributed by atoms with Gasteiger partial charge in [-0.2, -0.15) is 16.5 Å². The first-order valence-electron chi connectivity index (χ1n) is 7.73. The quantitative estimate of drug-likeness (QED) is 0.548. The maximum Gasteiger partial charge on any atom is 0.360 e. The Balaban J connectivity index is 2.41. The minimum absolute atomic E-state index is 0.124. The fraction of sp³-hybridized carbons (Fsp3) is 0.312. The molecular formula is C16H18N2O7S2. The van der Waals surface area contributed by atoms with Crippen molar-refractivity contribution in [3.63, 3.8) is 0 Å². The van der Waals surface area contributed by atoms with E-state index in [1.807, 2.05) is 0 Å². The van der Waals surface area contributed by atoms with Crippen molar-refractivity contribution in [1.29, 1.82) is 0 Å². The molecule has 146 valence electrons. The summed E-state index contributed by atoms with van der Waals surface area (Å²) in [5, 5.41) is 11.8. The van der Waals surface area contributed by atoms with E-state index in [0.717, 1.165) is 0 Å². The molecule has 0 spiro atoms. The predicted molar refractivity (Wildman–Crippen MR) is 102 cm³/mol. The topological polar surface area (TPSA) is 143 Å². The number of rotatable bonds is 8. The van der Waals surface area contributed by atoms with Gasteiger partial charge in [-0.05, 0) is 42.7 Å². The molecule has 1 heterocycles. The van der Waals surface area contributed by atoms with Gasteiger partial charge in [0.2, 0.25) is 15.9 Å². The van der Waals surface area contributed by atoms with Crippen molar-refractivity contribution < 1.29 is 27.5 Å². The Hall–Kier alpha value is -2.37. The van der Waals surface area contributed by atoms with Gasteiger partial charge >= 0.3 is 11.6 Å². The van der Waals surface area contributed by atoms with Gasteiger partial charge in [0.1, 0.15) is 17.3 Å². The average molecular weight is 414 g/mol. The SMILES string of the molecule is CSCC[C@H](NS(=O)(=O)c1ccc2oc(=O)c(NC(C)=O)cc2c1)C(=O)O. The van der Waals surface area contributed by atoms with Gasteiger partial charge < -0.3 is 14.8 Å². The van der Waals surface area contributed by atoms with Crippen LogP contribution >= 0.6 is 11.8 Å². The molecule has 11 heteroatoms. The number of anilines is 1. The molecule has 2 aromatic rings. The molecule has 0 aliphatic rings. The zero-order chi connectivity index (χ0) is 20.2. The van der Waals surface area contributed by atoms with Crippen molar-refractivity contribution in [3.8, 4) is 0 Å². The standard InChI is InChI=1S/C16H18N2O7S2/c1-9(19)17-13-8-10-7-11(3-4-14(10)25-16(13)22)27(23,24)18-12(15(20)21)5-6-26-2/h3-4,7-8,12,18H,5-6H2,1-2H3,(H,17,19)(H,20,21)/t12-/m0/s1. The summed E-state index contributed by atoms with van der Waals surface area (Å²) >= 11 is 1.40. The summed E-state index contributed by atoms with van der Waals surface area (Å²) in [5.74, 6) is -1.28. The Morgan fingerprint density at radius 3 is 2.59 bits per heavy atom. The zero-order valence-electron chi connectivity index (χ0n) is 14.5. The van der Waals surface area contributed by atoms with E-state index in [9.17, 15) is 27.9 Å². The monoisotopic (exact) mass is 414 g/mol. The lowest BCUT2D eigenvalue weighted by atomic mass is 10.2. The number of fused-ring (bicyclic) bond motifs is 1. The van der Waals surface area contributed by atoms with Crippen LogP contribution in [0.2, 0.25) is 0 Å². The summed E-state index contributed by atoms with van der Waals surface area (Å²) in [6, 6.07) is 3.77. The highest BCUT2D eigenvalue weighted by Gasteiger charge is 2.25. The minimum atomic E-state index is -4.12. The summed E-state index contributed by atoms with van der Waals surface area (Å²) in [5.41, 5.74) is -0.763. The van der Waals surface area contributed by atoms with E-state index < -0.39 is 33.6 Å². The molecule has 1 amide bonds. The van der Waals surface area contributed by atoms with Crippen LogP contribution in [0.3, 0.4) is 0 Å². The molecule has 2 rings (SSSR count). The van der Waals surface area contributed by atoms with E-state index in [4.69, 9.17) is 4.42 Å². The van der Waals surface area contributed by atoms with E-state index in [1.54, 1.807) is 6.26 Å². The second kappa shape index (κ2) is 8.55. The molecule has 0 aliphatic carbocycles. The number of carboxylic acid groups (broad SMARTS) is 1. The lowest BCUT2D eigenvalue weighted by Gasteiger charge is -2.14. The number of thioether (sulfide) groups is 1. The smallest absolute Gasteiger partial charge is 0.360 e. The van der Waals surface area contributed by atoms with Crippen molar-refractivity contribution in [3.05, 3.63) is 34.7 Å². The lowest BCUT2D eigenvalue weighted by Crippen LogP contribution is -2.41. The summed E-state index contributed by atoms with van der Waals surface area (Å²) in [6.07, 6.45) is 1.92. The van der Waals surface area contributed by atoms with Crippen LogP contribution in [0.5, 0.6) is 0 Å². The van der Waals surface area contributed by atoms with Crippen molar-refractivity contribution in [2.75, 3.05) is 17.3 Å². The molecule has 9 nitrogen and oxygen atoms in total. The van der Waals surface area contributed by atoms with Crippen LogP contribution in [-0.4, -0.2) is 43.5 Å². The number of hydrogen-bond donors (Lipinski definition) is 3. The van der Waals surface area contributed by atoms with Crippen molar-refractivity contribution >= 4 is 50.3 Å². The number of carboxylic acids is 1. The number of nitrogens with one attached hydrogen (secondary N) is 2. The molecule has 0 aliphatic heterocycles. The van der Waals surface area contributed by atoms with Crippen LogP contribution in [0.4, 0.5) is 5.69 Å². The van der Waals surface area contributed by atoms with Crippen molar-refractivity contribution in [1.82, 2.24) is 4.72 Å². The normalized spacial score (nSPS) is 12.7. The van der Waals surface area contributed by atoms with Crippen LogP contribution in [0.15, 0.2) is 38.4 Å². The molecule has 1 atom stereocenters. The summed E-state index contributed by atoms with van der Waals surface area (Å²) in [4.78, 5) is 34.0. The Morgan fingerprint density at radius 1 is 1.30 bits per heavy atom. The zero-order valence-corrected chi connectivity index (χ0v) is 16.1. The Bertz CT molecular complexity index is 1030. The van der Waals surface area contributed by atoms with Gasteiger partial charge in [0.15, 0.2) is 0 Å². The first kappa shape index (κ1) is 20.9. The van der Waals surface area contributed by atoms with Gasteiger partial charge in [-0.1, -0.05) is 0 Å². The van der Waals surface area contributed by atoms with Crippen molar-refractivity contribution in [2.45, 2.75) is 24.3 Å². The summed E-state index contributed by atoms with van der Waals surface area (Å²) < 4.78 is 32.3. The van der Waals surface area contributed by atoms with Gasteiger partial charge in [0.25, 0.3) is 0 Å². The van der Waals surface area contributed by atoms with Gasteiger partial charge in [-0.15, -0.1) is 0 Å². The van der Waals surface area contributed by atoms with E-state index in [-0.39, 0.29) is 28.0 Å². The number of hydrogen-bond acceptors (Lipinski definition) is 7. The number of sulfonamides is 1. The highest BCUT2D eigenvalue weighted by atomic mass is 32.2. The van der Waals surface area contributed by atoms with E-state index in [2.05, 4.69) is 10.0 Å². The van der Waals surface area contributed by atoms with E-state index in [0.29, 0.717) is 5.75 Å². The number of carbonyl (C=O) groups is 2. The fourth-order valence-electron chi connectivity index (χ4n) is 2.27. The van der Waals surface area contributed by atoms with Crippen LogP contribution in [0.1, 0.15) is 13.3 Å². The maximum absolute atomic E-state index is 12.5. The molecule has 0 bridgehead atoms.